The van der Waals surface area contributed by atoms with Crippen LogP contribution in [0.3, 0.4) is 0 Å². The number of hydrogen-bond donors (Lipinski definition) is 1. The lowest BCUT2D eigenvalue weighted by molar-refractivity contribution is -0.122. The quantitative estimate of drug-likeness (QED) is 0.888. The smallest absolute Gasteiger partial charge is 0.265 e. The van der Waals surface area contributed by atoms with Crippen LogP contribution in [0.25, 0.3) is 0 Å². The summed E-state index contributed by atoms with van der Waals surface area (Å²) in [4.78, 5) is 25.0. The zero-order valence-corrected chi connectivity index (χ0v) is 11.2. The van der Waals surface area contributed by atoms with Crippen LogP contribution in [-0.4, -0.2) is 31.5 Å². The van der Waals surface area contributed by atoms with E-state index in [1.807, 2.05) is 32.0 Å². The fourth-order valence-corrected chi connectivity index (χ4v) is 2.06. The summed E-state index contributed by atoms with van der Waals surface area (Å²) in [6.45, 7) is 4.85. The van der Waals surface area contributed by atoms with Crippen LogP contribution in [0, 0.1) is 6.92 Å². The summed E-state index contributed by atoms with van der Waals surface area (Å²) < 4.78 is 5.38. The molecule has 1 aliphatic heterocycles. The van der Waals surface area contributed by atoms with Gasteiger partial charge in [-0.05, 0) is 31.5 Å². The van der Waals surface area contributed by atoms with Crippen molar-refractivity contribution in [2.45, 2.75) is 20.3 Å². The van der Waals surface area contributed by atoms with Gasteiger partial charge >= 0.3 is 0 Å². The molecule has 0 bridgehead atoms. The Morgan fingerprint density at radius 2 is 2.26 bits per heavy atom. The van der Waals surface area contributed by atoms with Crippen molar-refractivity contribution in [3.8, 4) is 5.75 Å². The van der Waals surface area contributed by atoms with E-state index in [4.69, 9.17) is 4.74 Å². The molecule has 0 unspecified atom stereocenters. The summed E-state index contributed by atoms with van der Waals surface area (Å²) in [7, 11) is 0. The molecule has 5 heteroatoms. The number of amides is 2. The van der Waals surface area contributed by atoms with Crippen molar-refractivity contribution in [2.24, 2.45) is 0 Å². The second kappa shape index (κ2) is 5.73. The zero-order valence-electron chi connectivity index (χ0n) is 11.2. The van der Waals surface area contributed by atoms with Crippen LogP contribution in [0.15, 0.2) is 18.2 Å². The van der Waals surface area contributed by atoms with Crippen molar-refractivity contribution in [3.05, 3.63) is 23.8 Å². The van der Waals surface area contributed by atoms with Crippen molar-refractivity contribution in [3.63, 3.8) is 0 Å². The molecule has 0 radical (unpaired) electrons. The lowest BCUT2D eigenvalue weighted by atomic mass is 10.1. The molecular formula is C14H18N2O3. The monoisotopic (exact) mass is 262 g/mol. The summed E-state index contributed by atoms with van der Waals surface area (Å²) in [6.07, 6.45) is 0.299. The van der Waals surface area contributed by atoms with Crippen molar-refractivity contribution < 1.29 is 14.3 Å². The standard InChI is InChI=1S/C14H18N2O3/c1-3-15-13(17)6-7-16-11-8-10(2)4-5-12(11)19-9-14(16)18/h4-5,8H,3,6-7,9H2,1-2H3,(H,15,17). The average Bonchev–Trinajstić information content (AvgIpc) is 2.38. The normalized spacial score (nSPS) is 13.8. The molecule has 0 aromatic heterocycles. The van der Waals surface area contributed by atoms with Gasteiger partial charge in [-0.1, -0.05) is 6.07 Å². The first kappa shape index (κ1) is 13.4. The van der Waals surface area contributed by atoms with Crippen molar-refractivity contribution >= 4 is 17.5 Å². The number of carbonyl (C=O) groups is 2. The Hall–Kier alpha value is -2.04. The van der Waals surface area contributed by atoms with Gasteiger partial charge in [0.25, 0.3) is 5.91 Å². The largest absolute Gasteiger partial charge is 0.482 e. The number of aryl methyl sites for hydroxylation is 1. The van der Waals surface area contributed by atoms with Crippen molar-refractivity contribution in [1.82, 2.24) is 5.32 Å². The predicted octanol–water partition coefficient (Wildman–Crippen LogP) is 1.25. The van der Waals surface area contributed by atoms with Gasteiger partial charge in [0.1, 0.15) is 5.75 Å². The van der Waals surface area contributed by atoms with E-state index in [-0.39, 0.29) is 18.4 Å². The number of ether oxygens (including phenoxy) is 1. The number of rotatable bonds is 4. The summed E-state index contributed by atoms with van der Waals surface area (Å²) in [6, 6.07) is 5.71. The highest BCUT2D eigenvalue weighted by atomic mass is 16.5. The van der Waals surface area contributed by atoms with E-state index in [9.17, 15) is 9.59 Å². The van der Waals surface area contributed by atoms with Crippen LogP contribution in [0.5, 0.6) is 5.75 Å². The van der Waals surface area contributed by atoms with E-state index < -0.39 is 0 Å². The lowest BCUT2D eigenvalue weighted by Crippen LogP contribution is -2.41. The minimum Gasteiger partial charge on any atom is -0.482 e. The van der Waals surface area contributed by atoms with Gasteiger partial charge in [0, 0.05) is 19.5 Å². The van der Waals surface area contributed by atoms with Gasteiger partial charge in [-0.25, -0.2) is 0 Å². The molecule has 0 saturated heterocycles. The molecule has 2 amide bonds. The van der Waals surface area contributed by atoms with Gasteiger partial charge in [-0.3, -0.25) is 9.59 Å². The number of nitrogens with zero attached hydrogens (tertiary/aromatic N) is 1. The van der Waals surface area contributed by atoms with E-state index >= 15 is 0 Å². The van der Waals surface area contributed by atoms with Crippen LogP contribution >= 0.6 is 0 Å². The highest BCUT2D eigenvalue weighted by Gasteiger charge is 2.25. The molecule has 0 fully saturated rings. The molecule has 102 valence electrons. The minimum atomic E-state index is -0.109. The Kier molecular flexibility index (Phi) is 4.04. The molecule has 1 N–H and O–H groups in total. The maximum absolute atomic E-state index is 11.9. The van der Waals surface area contributed by atoms with Crippen molar-refractivity contribution in [1.29, 1.82) is 0 Å². The molecule has 0 spiro atoms. The molecule has 2 rings (SSSR count). The van der Waals surface area contributed by atoms with Gasteiger partial charge in [0.05, 0.1) is 5.69 Å². The highest BCUT2D eigenvalue weighted by molar-refractivity contribution is 5.98. The Morgan fingerprint density at radius 1 is 1.47 bits per heavy atom. The zero-order chi connectivity index (χ0) is 13.8. The van der Waals surface area contributed by atoms with E-state index in [0.717, 1.165) is 11.3 Å². The minimum absolute atomic E-state index is 0.0332. The first-order valence-corrected chi connectivity index (χ1v) is 6.42. The molecule has 0 aliphatic carbocycles. The summed E-state index contributed by atoms with van der Waals surface area (Å²) >= 11 is 0. The number of hydrogen-bond acceptors (Lipinski definition) is 3. The third kappa shape index (κ3) is 3.05. The van der Waals surface area contributed by atoms with Gasteiger partial charge in [0.2, 0.25) is 5.91 Å². The van der Waals surface area contributed by atoms with E-state index in [1.165, 1.54) is 0 Å². The molecule has 0 atom stereocenters. The summed E-state index contributed by atoms with van der Waals surface area (Å²) in [5.41, 5.74) is 1.81. The molecular weight excluding hydrogens is 244 g/mol. The summed E-state index contributed by atoms with van der Waals surface area (Å²) in [5.74, 6) is 0.541. The van der Waals surface area contributed by atoms with Crippen LogP contribution < -0.4 is 15.0 Å². The number of fused-ring (bicyclic) bond motifs is 1. The van der Waals surface area contributed by atoms with Gasteiger partial charge in [-0.2, -0.15) is 0 Å². The molecule has 1 aromatic rings. The van der Waals surface area contributed by atoms with Crippen molar-refractivity contribution in [2.75, 3.05) is 24.6 Å². The summed E-state index contributed by atoms with van der Waals surface area (Å²) in [5, 5.41) is 2.73. The molecule has 1 aliphatic rings. The fraction of sp³-hybridized carbons (Fsp3) is 0.429. The molecule has 5 nitrogen and oxygen atoms in total. The van der Waals surface area contributed by atoms with Gasteiger partial charge in [0.15, 0.2) is 6.61 Å². The van der Waals surface area contributed by atoms with Gasteiger partial charge in [-0.15, -0.1) is 0 Å². The molecule has 19 heavy (non-hydrogen) atoms. The van der Waals surface area contributed by atoms with E-state index in [1.54, 1.807) is 4.90 Å². The predicted molar refractivity (Wildman–Crippen MR) is 72.3 cm³/mol. The highest BCUT2D eigenvalue weighted by Crippen LogP contribution is 2.32. The van der Waals surface area contributed by atoms with Crippen LogP contribution in [-0.2, 0) is 9.59 Å². The molecule has 1 heterocycles. The third-order valence-electron chi connectivity index (χ3n) is 2.99. The first-order chi connectivity index (χ1) is 9.11. The number of carbonyl (C=O) groups excluding carboxylic acids is 2. The third-order valence-corrected chi connectivity index (χ3v) is 2.99. The Labute approximate surface area is 112 Å². The number of anilines is 1. The maximum Gasteiger partial charge on any atom is 0.265 e. The Bertz CT molecular complexity index is 499. The average molecular weight is 262 g/mol. The first-order valence-electron chi connectivity index (χ1n) is 6.42. The number of nitrogens with one attached hydrogen (secondary N) is 1. The maximum atomic E-state index is 11.9. The molecule has 0 saturated carbocycles. The lowest BCUT2D eigenvalue weighted by Gasteiger charge is -2.29. The van der Waals surface area contributed by atoms with Crippen LogP contribution in [0.4, 0.5) is 5.69 Å². The van der Waals surface area contributed by atoms with Crippen LogP contribution in [0.1, 0.15) is 18.9 Å². The van der Waals surface area contributed by atoms with E-state index in [0.29, 0.717) is 25.3 Å². The SMILES string of the molecule is CCNC(=O)CCN1C(=O)COc2ccc(C)cc21. The second-order valence-electron chi connectivity index (χ2n) is 4.51. The second-order valence-corrected chi connectivity index (χ2v) is 4.51. The topological polar surface area (TPSA) is 58.6 Å². The Morgan fingerprint density at radius 3 is 3.00 bits per heavy atom. The Balaban J connectivity index is 2.14. The van der Waals surface area contributed by atoms with Gasteiger partial charge < -0.3 is 15.0 Å². The van der Waals surface area contributed by atoms with E-state index in [2.05, 4.69) is 5.32 Å². The fourth-order valence-electron chi connectivity index (χ4n) is 2.06. The van der Waals surface area contributed by atoms with Crippen LogP contribution in [0.2, 0.25) is 0 Å². The number of benzene rings is 1. The molecule has 1 aromatic carbocycles.